The van der Waals surface area contributed by atoms with Gasteiger partial charge in [-0.3, -0.25) is 0 Å². The minimum absolute atomic E-state index is 0.609. The fraction of sp³-hybridized carbons (Fsp3) is 0.0909. The van der Waals surface area contributed by atoms with Gasteiger partial charge in [0.15, 0.2) is 0 Å². The van der Waals surface area contributed by atoms with E-state index >= 15 is 0 Å². The molecule has 0 saturated heterocycles. The van der Waals surface area contributed by atoms with Crippen LogP contribution in [0.2, 0.25) is 0 Å². The van der Waals surface area contributed by atoms with Crippen molar-refractivity contribution >= 4 is 17.0 Å². The Balaban J connectivity index is 2.37. The van der Waals surface area contributed by atoms with E-state index < -0.39 is 6.10 Å². The third kappa shape index (κ3) is 1.64. The number of hydrogen-bond donors (Lipinski definition) is 2. The van der Waals surface area contributed by atoms with Crippen LogP contribution in [-0.2, 0) is 0 Å². The molecule has 1 atom stereocenters. The molecule has 72 valence electrons. The van der Waals surface area contributed by atoms with Gasteiger partial charge in [-0.1, -0.05) is 18.2 Å². The highest BCUT2D eigenvalue weighted by atomic mass is 32.1. The number of benzene rings is 1. The van der Waals surface area contributed by atoms with Gasteiger partial charge in [0, 0.05) is 11.3 Å². The summed E-state index contributed by atoms with van der Waals surface area (Å²) in [4.78, 5) is 0. The Morgan fingerprint density at radius 3 is 2.64 bits per heavy atom. The smallest absolute Gasteiger partial charge is 0.107 e. The highest BCUT2D eigenvalue weighted by Crippen LogP contribution is 2.27. The van der Waals surface area contributed by atoms with Crippen molar-refractivity contribution in [1.82, 2.24) is 0 Å². The average Bonchev–Trinajstić information content (AvgIpc) is 2.70. The zero-order valence-corrected chi connectivity index (χ0v) is 8.37. The van der Waals surface area contributed by atoms with E-state index in [1.165, 1.54) is 0 Å². The van der Waals surface area contributed by atoms with Crippen LogP contribution in [0.25, 0.3) is 0 Å². The quantitative estimate of drug-likeness (QED) is 0.739. The van der Waals surface area contributed by atoms with Gasteiger partial charge in [0.2, 0.25) is 0 Å². The predicted octanol–water partition coefficient (Wildman–Crippen LogP) is 2.41. The van der Waals surface area contributed by atoms with E-state index in [1.54, 1.807) is 17.4 Å². The molecule has 0 spiro atoms. The lowest BCUT2D eigenvalue weighted by molar-refractivity contribution is 0.221. The number of aliphatic hydroxyl groups is 1. The molecule has 2 aromatic rings. The second kappa shape index (κ2) is 3.82. The molecule has 1 aromatic carbocycles. The van der Waals surface area contributed by atoms with E-state index in [9.17, 15) is 5.11 Å². The summed E-state index contributed by atoms with van der Waals surface area (Å²) >= 11 is 1.57. The van der Waals surface area contributed by atoms with E-state index in [1.807, 2.05) is 35.0 Å². The molecule has 0 aliphatic carbocycles. The van der Waals surface area contributed by atoms with Gasteiger partial charge in [0.25, 0.3) is 0 Å². The number of para-hydroxylation sites is 1. The average molecular weight is 205 g/mol. The first-order chi connectivity index (χ1) is 6.79. The fourth-order valence-electron chi connectivity index (χ4n) is 1.37. The van der Waals surface area contributed by atoms with Crippen molar-refractivity contribution < 1.29 is 5.11 Å². The number of aliphatic hydroxyl groups excluding tert-OH is 1. The Bertz CT molecular complexity index is 411. The van der Waals surface area contributed by atoms with Crippen LogP contribution in [0.1, 0.15) is 17.2 Å². The number of hydrogen-bond acceptors (Lipinski definition) is 3. The van der Waals surface area contributed by atoms with Gasteiger partial charge in [-0.25, -0.2) is 0 Å². The molecular formula is C11H11NOS. The molecule has 1 unspecified atom stereocenters. The molecule has 0 radical (unpaired) electrons. The first-order valence-corrected chi connectivity index (χ1v) is 5.28. The van der Waals surface area contributed by atoms with Crippen molar-refractivity contribution in [1.29, 1.82) is 0 Å². The van der Waals surface area contributed by atoms with Gasteiger partial charge >= 0.3 is 0 Å². The van der Waals surface area contributed by atoms with Crippen molar-refractivity contribution in [3.63, 3.8) is 0 Å². The Labute approximate surface area is 86.6 Å². The van der Waals surface area contributed by atoms with Gasteiger partial charge in [-0.2, -0.15) is 11.3 Å². The molecule has 14 heavy (non-hydrogen) atoms. The molecule has 2 nitrogen and oxygen atoms in total. The lowest BCUT2D eigenvalue weighted by Crippen LogP contribution is -2.02. The van der Waals surface area contributed by atoms with Crippen LogP contribution in [0.5, 0.6) is 0 Å². The SMILES string of the molecule is Nc1ccccc1C(O)c1ccsc1. The number of anilines is 1. The van der Waals surface area contributed by atoms with E-state index in [0.717, 1.165) is 11.1 Å². The molecule has 0 saturated carbocycles. The van der Waals surface area contributed by atoms with Gasteiger partial charge in [-0.15, -0.1) is 0 Å². The summed E-state index contributed by atoms with van der Waals surface area (Å²) in [6.07, 6.45) is -0.609. The van der Waals surface area contributed by atoms with Gasteiger partial charge in [0.05, 0.1) is 0 Å². The van der Waals surface area contributed by atoms with Crippen molar-refractivity contribution in [3.8, 4) is 0 Å². The molecule has 0 bridgehead atoms. The fourth-order valence-corrected chi connectivity index (χ4v) is 2.05. The van der Waals surface area contributed by atoms with Gasteiger partial charge in [0.1, 0.15) is 6.10 Å². The monoisotopic (exact) mass is 205 g/mol. The van der Waals surface area contributed by atoms with E-state index in [-0.39, 0.29) is 0 Å². The van der Waals surface area contributed by atoms with Crippen LogP contribution in [0, 0.1) is 0 Å². The van der Waals surface area contributed by atoms with Crippen LogP contribution >= 0.6 is 11.3 Å². The van der Waals surface area contributed by atoms with E-state index in [4.69, 9.17) is 5.73 Å². The number of rotatable bonds is 2. The van der Waals surface area contributed by atoms with Crippen molar-refractivity contribution in [3.05, 3.63) is 52.2 Å². The lowest BCUT2D eigenvalue weighted by Gasteiger charge is -2.11. The maximum atomic E-state index is 9.99. The second-order valence-electron chi connectivity index (χ2n) is 3.09. The highest BCUT2D eigenvalue weighted by Gasteiger charge is 2.12. The summed E-state index contributed by atoms with van der Waals surface area (Å²) in [5, 5.41) is 13.9. The zero-order chi connectivity index (χ0) is 9.97. The van der Waals surface area contributed by atoms with Crippen molar-refractivity contribution in [2.75, 3.05) is 5.73 Å². The topological polar surface area (TPSA) is 46.2 Å². The Hall–Kier alpha value is -1.32. The molecule has 1 heterocycles. The van der Waals surface area contributed by atoms with Crippen LogP contribution < -0.4 is 5.73 Å². The van der Waals surface area contributed by atoms with Crippen LogP contribution in [-0.4, -0.2) is 5.11 Å². The number of nitrogens with two attached hydrogens (primary N) is 1. The van der Waals surface area contributed by atoms with Gasteiger partial charge < -0.3 is 10.8 Å². The summed E-state index contributed by atoms with van der Waals surface area (Å²) in [5.74, 6) is 0. The van der Waals surface area contributed by atoms with Gasteiger partial charge in [-0.05, 0) is 28.5 Å². The first-order valence-electron chi connectivity index (χ1n) is 4.33. The molecule has 0 aliphatic heterocycles. The largest absolute Gasteiger partial charge is 0.398 e. The Morgan fingerprint density at radius 1 is 1.21 bits per heavy atom. The maximum Gasteiger partial charge on any atom is 0.107 e. The van der Waals surface area contributed by atoms with Crippen LogP contribution in [0.4, 0.5) is 5.69 Å². The summed E-state index contributed by atoms with van der Waals surface area (Å²) in [6, 6.07) is 9.28. The number of nitrogen functional groups attached to an aromatic ring is 1. The summed E-state index contributed by atoms with van der Waals surface area (Å²) < 4.78 is 0. The summed E-state index contributed by atoms with van der Waals surface area (Å²) in [6.45, 7) is 0. The lowest BCUT2D eigenvalue weighted by atomic mass is 10.0. The van der Waals surface area contributed by atoms with Crippen molar-refractivity contribution in [2.24, 2.45) is 0 Å². The standard InChI is InChI=1S/C11H11NOS/c12-10-4-2-1-3-9(10)11(13)8-5-6-14-7-8/h1-7,11,13H,12H2. The van der Waals surface area contributed by atoms with Crippen LogP contribution in [0.15, 0.2) is 41.1 Å². The molecule has 3 heteroatoms. The third-order valence-corrected chi connectivity index (χ3v) is 2.85. The zero-order valence-electron chi connectivity index (χ0n) is 7.55. The molecule has 2 rings (SSSR count). The normalized spacial score (nSPS) is 12.6. The van der Waals surface area contributed by atoms with E-state index in [2.05, 4.69) is 0 Å². The molecule has 3 N–H and O–H groups in total. The third-order valence-electron chi connectivity index (χ3n) is 2.15. The first kappa shape index (κ1) is 9.24. The second-order valence-corrected chi connectivity index (χ2v) is 3.87. The van der Waals surface area contributed by atoms with Crippen LogP contribution in [0.3, 0.4) is 0 Å². The predicted molar refractivity (Wildman–Crippen MR) is 59.2 cm³/mol. The van der Waals surface area contributed by atoms with E-state index in [0.29, 0.717) is 5.69 Å². The Kier molecular flexibility index (Phi) is 2.52. The summed E-state index contributed by atoms with van der Waals surface area (Å²) in [5.41, 5.74) is 8.07. The Morgan fingerprint density at radius 2 is 2.00 bits per heavy atom. The highest BCUT2D eigenvalue weighted by molar-refractivity contribution is 7.07. The maximum absolute atomic E-state index is 9.99. The summed E-state index contributed by atoms with van der Waals surface area (Å²) in [7, 11) is 0. The van der Waals surface area contributed by atoms with Crippen molar-refractivity contribution in [2.45, 2.75) is 6.10 Å². The minimum atomic E-state index is -0.609. The minimum Gasteiger partial charge on any atom is -0.398 e. The molecule has 0 fully saturated rings. The molecule has 0 aliphatic rings. The molecular weight excluding hydrogens is 194 g/mol. The molecule has 0 amide bonds. The molecule has 1 aromatic heterocycles. The number of thiophene rings is 1.